The maximum absolute atomic E-state index is 13.0. The van der Waals surface area contributed by atoms with Crippen molar-refractivity contribution in [2.24, 2.45) is 11.3 Å². The molecule has 0 aliphatic carbocycles. The standard InChI is InChI=1S/C21H24N2O5S/c1-28-19-10-6-5-9-18(19)20(25)22-11-16-12-23(14-21(16,13-22)15-24)29(26,27)17-7-3-2-4-8-17/h2-10,16,24H,11-15H2,1H3. The number of rotatable bonds is 5. The van der Waals surface area contributed by atoms with Crippen LogP contribution >= 0.6 is 0 Å². The summed E-state index contributed by atoms with van der Waals surface area (Å²) in [4.78, 5) is 15.0. The van der Waals surface area contributed by atoms with E-state index in [1.807, 2.05) is 0 Å². The average molecular weight is 416 g/mol. The molecule has 0 aromatic heterocycles. The molecule has 1 amide bonds. The first-order valence-electron chi connectivity index (χ1n) is 9.50. The molecule has 0 spiro atoms. The van der Waals surface area contributed by atoms with E-state index in [0.29, 0.717) is 24.4 Å². The number of amides is 1. The van der Waals surface area contributed by atoms with Gasteiger partial charge in [-0.1, -0.05) is 30.3 Å². The fourth-order valence-electron chi connectivity index (χ4n) is 4.43. The highest BCUT2D eigenvalue weighted by atomic mass is 32.2. The van der Waals surface area contributed by atoms with Crippen molar-refractivity contribution in [1.82, 2.24) is 9.21 Å². The summed E-state index contributed by atoms with van der Waals surface area (Å²) >= 11 is 0. The van der Waals surface area contributed by atoms with Crippen molar-refractivity contribution in [3.63, 3.8) is 0 Å². The quantitative estimate of drug-likeness (QED) is 0.797. The molecule has 2 heterocycles. The van der Waals surface area contributed by atoms with Gasteiger partial charge in [-0.2, -0.15) is 4.31 Å². The SMILES string of the molecule is COc1ccccc1C(=O)N1CC2CN(S(=O)(=O)c3ccccc3)CC2(CO)C1. The highest BCUT2D eigenvalue weighted by molar-refractivity contribution is 7.89. The first-order valence-corrected chi connectivity index (χ1v) is 10.9. The van der Waals surface area contributed by atoms with E-state index in [9.17, 15) is 18.3 Å². The second-order valence-electron chi connectivity index (χ2n) is 7.71. The highest BCUT2D eigenvalue weighted by Gasteiger charge is 2.55. The number of aliphatic hydroxyl groups is 1. The van der Waals surface area contributed by atoms with Crippen molar-refractivity contribution in [3.8, 4) is 5.75 Å². The molecule has 1 N–H and O–H groups in total. The molecule has 0 bridgehead atoms. The summed E-state index contributed by atoms with van der Waals surface area (Å²) < 4.78 is 32.7. The van der Waals surface area contributed by atoms with Crippen molar-refractivity contribution < 1.29 is 23.1 Å². The lowest BCUT2D eigenvalue weighted by atomic mass is 9.82. The van der Waals surface area contributed by atoms with E-state index in [2.05, 4.69) is 0 Å². The van der Waals surface area contributed by atoms with Gasteiger partial charge in [0.05, 0.1) is 24.2 Å². The molecule has 8 heteroatoms. The number of aliphatic hydroxyl groups excluding tert-OH is 1. The largest absolute Gasteiger partial charge is 0.496 e. The number of ether oxygens (including phenoxy) is 1. The summed E-state index contributed by atoms with van der Waals surface area (Å²) in [5.74, 6) is 0.215. The maximum atomic E-state index is 13.0. The van der Waals surface area contributed by atoms with E-state index < -0.39 is 15.4 Å². The molecule has 29 heavy (non-hydrogen) atoms. The molecule has 7 nitrogen and oxygen atoms in total. The predicted octanol–water partition coefficient (Wildman–Crippen LogP) is 1.45. The van der Waals surface area contributed by atoms with Crippen LogP contribution in [0.15, 0.2) is 59.5 Å². The van der Waals surface area contributed by atoms with E-state index in [1.54, 1.807) is 59.5 Å². The Morgan fingerprint density at radius 3 is 2.45 bits per heavy atom. The third-order valence-electron chi connectivity index (χ3n) is 6.05. The van der Waals surface area contributed by atoms with E-state index in [-0.39, 0.29) is 36.4 Å². The number of benzene rings is 2. The lowest BCUT2D eigenvalue weighted by Gasteiger charge is -2.27. The molecule has 2 aromatic rings. The van der Waals surface area contributed by atoms with E-state index >= 15 is 0 Å². The smallest absolute Gasteiger partial charge is 0.257 e. The zero-order chi connectivity index (χ0) is 20.6. The third-order valence-corrected chi connectivity index (χ3v) is 7.87. The molecule has 2 aliphatic rings. The summed E-state index contributed by atoms with van der Waals surface area (Å²) in [5.41, 5.74) is -0.184. The molecular weight excluding hydrogens is 392 g/mol. The summed E-state index contributed by atoms with van der Waals surface area (Å²) in [6.07, 6.45) is 0. The van der Waals surface area contributed by atoms with Crippen molar-refractivity contribution in [2.45, 2.75) is 4.90 Å². The van der Waals surface area contributed by atoms with Crippen LogP contribution in [0.25, 0.3) is 0 Å². The van der Waals surface area contributed by atoms with Crippen LogP contribution in [0.1, 0.15) is 10.4 Å². The normalized spacial score (nSPS) is 24.5. The van der Waals surface area contributed by atoms with Gasteiger partial charge in [0.15, 0.2) is 0 Å². The van der Waals surface area contributed by atoms with Gasteiger partial charge in [-0.25, -0.2) is 8.42 Å². The first-order chi connectivity index (χ1) is 13.9. The van der Waals surface area contributed by atoms with Gasteiger partial charge < -0.3 is 14.7 Å². The summed E-state index contributed by atoms with van der Waals surface area (Å²) in [6, 6.07) is 15.3. The van der Waals surface area contributed by atoms with Crippen LogP contribution in [0.3, 0.4) is 0 Å². The van der Waals surface area contributed by atoms with Crippen LogP contribution in [0.4, 0.5) is 0 Å². The van der Waals surface area contributed by atoms with Gasteiger partial charge >= 0.3 is 0 Å². The second kappa shape index (κ2) is 7.44. The van der Waals surface area contributed by atoms with Gasteiger partial charge in [0.2, 0.25) is 10.0 Å². The van der Waals surface area contributed by atoms with Gasteiger partial charge in [0.1, 0.15) is 5.75 Å². The summed E-state index contributed by atoms with van der Waals surface area (Å²) in [7, 11) is -2.11. The fraction of sp³-hybridized carbons (Fsp3) is 0.381. The van der Waals surface area contributed by atoms with Crippen LogP contribution in [0.2, 0.25) is 0 Å². The molecular formula is C21H24N2O5S. The number of para-hydroxylation sites is 1. The van der Waals surface area contributed by atoms with Crippen molar-refractivity contribution in [1.29, 1.82) is 0 Å². The number of fused-ring (bicyclic) bond motifs is 1. The Bertz CT molecular complexity index is 1010. The number of carbonyl (C=O) groups excluding carboxylic acids is 1. The highest BCUT2D eigenvalue weighted by Crippen LogP contribution is 2.44. The lowest BCUT2D eigenvalue weighted by molar-refractivity contribution is 0.0733. The van der Waals surface area contributed by atoms with Crippen LogP contribution in [-0.4, -0.2) is 68.5 Å². The molecule has 0 saturated carbocycles. The van der Waals surface area contributed by atoms with Crippen molar-refractivity contribution in [2.75, 3.05) is 39.9 Å². The monoisotopic (exact) mass is 416 g/mol. The summed E-state index contributed by atoms with van der Waals surface area (Å²) in [5, 5.41) is 10.2. The minimum absolute atomic E-state index is 0.121. The van der Waals surface area contributed by atoms with Gasteiger partial charge in [0.25, 0.3) is 5.91 Å². The predicted molar refractivity (Wildman–Crippen MR) is 107 cm³/mol. The molecule has 4 rings (SSSR count). The second-order valence-corrected chi connectivity index (χ2v) is 9.65. The zero-order valence-electron chi connectivity index (χ0n) is 16.2. The van der Waals surface area contributed by atoms with Gasteiger partial charge in [-0.05, 0) is 24.3 Å². The van der Waals surface area contributed by atoms with E-state index in [0.717, 1.165) is 0 Å². The maximum Gasteiger partial charge on any atom is 0.257 e. The van der Waals surface area contributed by atoms with Crippen LogP contribution < -0.4 is 4.74 Å². The molecule has 2 saturated heterocycles. The molecule has 2 fully saturated rings. The number of hydrogen-bond acceptors (Lipinski definition) is 5. The Morgan fingerprint density at radius 2 is 1.79 bits per heavy atom. The molecule has 154 valence electrons. The number of sulfonamides is 1. The number of methoxy groups -OCH3 is 1. The van der Waals surface area contributed by atoms with Crippen LogP contribution in [0, 0.1) is 11.3 Å². The Morgan fingerprint density at radius 1 is 1.10 bits per heavy atom. The van der Waals surface area contributed by atoms with E-state index in [4.69, 9.17) is 4.74 Å². The number of nitrogens with zero attached hydrogens (tertiary/aromatic N) is 2. The average Bonchev–Trinajstić information content (AvgIpc) is 3.29. The van der Waals surface area contributed by atoms with Crippen LogP contribution in [0.5, 0.6) is 5.75 Å². The number of hydrogen-bond donors (Lipinski definition) is 1. The minimum atomic E-state index is -3.63. The van der Waals surface area contributed by atoms with E-state index in [1.165, 1.54) is 11.4 Å². The topological polar surface area (TPSA) is 87.2 Å². The van der Waals surface area contributed by atoms with Gasteiger partial charge in [-0.3, -0.25) is 4.79 Å². The van der Waals surface area contributed by atoms with Gasteiger partial charge in [-0.15, -0.1) is 0 Å². The zero-order valence-corrected chi connectivity index (χ0v) is 17.0. The minimum Gasteiger partial charge on any atom is -0.496 e. The Hall–Kier alpha value is -2.42. The van der Waals surface area contributed by atoms with Gasteiger partial charge in [0, 0.05) is 37.5 Å². The molecule has 2 aromatic carbocycles. The fourth-order valence-corrected chi connectivity index (χ4v) is 6.03. The summed E-state index contributed by atoms with van der Waals surface area (Å²) in [6.45, 7) is 1.02. The molecule has 2 aliphatic heterocycles. The van der Waals surface area contributed by atoms with Crippen molar-refractivity contribution in [3.05, 3.63) is 60.2 Å². The third kappa shape index (κ3) is 3.31. The molecule has 0 radical (unpaired) electrons. The Balaban J connectivity index is 1.56. The Kier molecular flexibility index (Phi) is 5.10. The Labute approximate surface area is 170 Å². The molecule has 2 atom stereocenters. The lowest BCUT2D eigenvalue weighted by Crippen LogP contribution is -2.40. The molecule has 2 unspecified atom stereocenters. The number of likely N-dealkylation sites (tertiary alicyclic amines) is 1. The first kappa shape index (κ1) is 19.9. The number of carbonyl (C=O) groups is 1. The van der Waals surface area contributed by atoms with Crippen LogP contribution in [-0.2, 0) is 10.0 Å². The van der Waals surface area contributed by atoms with Crippen molar-refractivity contribution >= 4 is 15.9 Å².